The maximum atomic E-state index is 13.3. The van der Waals surface area contributed by atoms with Crippen LogP contribution in [0.1, 0.15) is 35.6 Å². The summed E-state index contributed by atoms with van der Waals surface area (Å²) in [4.78, 5) is 4.09. The van der Waals surface area contributed by atoms with Crippen molar-refractivity contribution in [2.75, 3.05) is 20.2 Å². The molecular weight excluding hydrogens is 525 g/mol. The van der Waals surface area contributed by atoms with E-state index in [-0.39, 0.29) is 48.1 Å². The van der Waals surface area contributed by atoms with E-state index in [2.05, 4.69) is 15.6 Å². The topological polar surface area (TPSA) is 45.7 Å². The SMILES string of the molecule is CN=C(NCc1ccc(F)cc1C(F)(F)F)NCC1CCCOC1c1ccccc1.I. The van der Waals surface area contributed by atoms with Crippen LogP contribution in [0.25, 0.3) is 0 Å². The first-order valence-electron chi connectivity index (χ1n) is 9.85. The molecule has 1 heterocycles. The van der Waals surface area contributed by atoms with Gasteiger partial charge in [0.2, 0.25) is 0 Å². The molecule has 9 heteroatoms. The van der Waals surface area contributed by atoms with Gasteiger partial charge >= 0.3 is 6.18 Å². The van der Waals surface area contributed by atoms with Gasteiger partial charge in [0, 0.05) is 32.7 Å². The molecule has 2 aromatic carbocycles. The highest BCUT2D eigenvalue weighted by Crippen LogP contribution is 2.34. The zero-order valence-corrected chi connectivity index (χ0v) is 19.4. The molecule has 1 fully saturated rings. The summed E-state index contributed by atoms with van der Waals surface area (Å²) in [7, 11) is 1.55. The number of halogens is 5. The van der Waals surface area contributed by atoms with Crippen LogP contribution in [0.4, 0.5) is 17.6 Å². The normalized spacial score (nSPS) is 19.5. The maximum Gasteiger partial charge on any atom is 0.416 e. The van der Waals surface area contributed by atoms with Crippen molar-refractivity contribution in [2.45, 2.75) is 31.7 Å². The summed E-state index contributed by atoms with van der Waals surface area (Å²) >= 11 is 0. The predicted molar refractivity (Wildman–Crippen MR) is 123 cm³/mol. The van der Waals surface area contributed by atoms with Crippen LogP contribution in [-0.4, -0.2) is 26.2 Å². The quantitative estimate of drug-likeness (QED) is 0.230. The fourth-order valence-electron chi connectivity index (χ4n) is 3.66. The summed E-state index contributed by atoms with van der Waals surface area (Å²) in [6.07, 6.45) is -2.75. The molecule has 3 rings (SSSR count). The molecule has 170 valence electrons. The van der Waals surface area contributed by atoms with Crippen LogP contribution in [0.5, 0.6) is 0 Å². The summed E-state index contributed by atoms with van der Waals surface area (Å²) in [5.74, 6) is -0.334. The van der Waals surface area contributed by atoms with Gasteiger partial charge in [-0.1, -0.05) is 36.4 Å². The van der Waals surface area contributed by atoms with Crippen molar-refractivity contribution < 1.29 is 22.3 Å². The first-order chi connectivity index (χ1) is 14.4. The molecule has 0 radical (unpaired) electrons. The molecule has 0 spiro atoms. The minimum absolute atomic E-state index is 0. The average molecular weight is 551 g/mol. The van der Waals surface area contributed by atoms with Gasteiger partial charge in [-0.15, -0.1) is 24.0 Å². The highest BCUT2D eigenvalue weighted by molar-refractivity contribution is 14.0. The van der Waals surface area contributed by atoms with Crippen molar-refractivity contribution >= 4 is 29.9 Å². The van der Waals surface area contributed by atoms with Crippen molar-refractivity contribution in [2.24, 2.45) is 10.9 Å². The van der Waals surface area contributed by atoms with Gasteiger partial charge < -0.3 is 15.4 Å². The Kier molecular flexibility index (Phi) is 9.54. The van der Waals surface area contributed by atoms with Crippen LogP contribution in [0.2, 0.25) is 0 Å². The van der Waals surface area contributed by atoms with Crippen molar-refractivity contribution in [1.29, 1.82) is 0 Å². The summed E-state index contributed by atoms with van der Waals surface area (Å²) in [6.45, 7) is 1.14. The molecule has 2 aromatic rings. The second-order valence-electron chi connectivity index (χ2n) is 7.21. The van der Waals surface area contributed by atoms with Crippen LogP contribution in [0, 0.1) is 11.7 Å². The molecule has 0 bridgehead atoms. The minimum atomic E-state index is -4.63. The van der Waals surface area contributed by atoms with Crippen molar-refractivity contribution in [1.82, 2.24) is 10.6 Å². The number of hydrogen-bond acceptors (Lipinski definition) is 2. The number of guanidine groups is 1. The number of benzene rings is 2. The molecule has 0 saturated carbocycles. The highest BCUT2D eigenvalue weighted by Gasteiger charge is 2.33. The fourth-order valence-corrected chi connectivity index (χ4v) is 3.66. The van der Waals surface area contributed by atoms with Crippen LogP contribution in [0.3, 0.4) is 0 Å². The Morgan fingerprint density at radius 2 is 1.87 bits per heavy atom. The third-order valence-electron chi connectivity index (χ3n) is 5.15. The van der Waals surface area contributed by atoms with E-state index in [0.717, 1.165) is 30.5 Å². The van der Waals surface area contributed by atoms with Crippen LogP contribution in [0.15, 0.2) is 53.5 Å². The molecule has 1 aliphatic heterocycles. The summed E-state index contributed by atoms with van der Waals surface area (Å²) in [6, 6.07) is 12.6. The van der Waals surface area contributed by atoms with E-state index < -0.39 is 17.6 Å². The smallest absolute Gasteiger partial charge is 0.373 e. The maximum absolute atomic E-state index is 13.3. The third kappa shape index (κ3) is 7.06. The molecule has 2 unspecified atom stereocenters. The molecule has 0 amide bonds. The van der Waals surface area contributed by atoms with Gasteiger partial charge in [-0.25, -0.2) is 4.39 Å². The standard InChI is InChI=1S/C22H25F4N3O.HI/c1-27-21(28-13-16-9-10-18(23)12-19(16)22(24,25)26)29-14-17-8-5-11-30-20(17)15-6-3-2-4-7-15;/h2-4,6-7,9-10,12,17,20H,5,8,11,13-14H2,1H3,(H2,27,28,29);1H. The van der Waals surface area contributed by atoms with Crippen LogP contribution < -0.4 is 10.6 Å². The van der Waals surface area contributed by atoms with Gasteiger partial charge in [-0.3, -0.25) is 4.99 Å². The first kappa shape index (κ1) is 25.4. The zero-order chi connectivity index (χ0) is 21.6. The van der Waals surface area contributed by atoms with Crippen LogP contribution >= 0.6 is 24.0 Å². The Balaban J connectivity index is 0.00000341. The van der Waals surface area contributed by atoms with Gasteiger partial charge in [0.1, 0.15) is 5.82 Å². The molecule has 0 aliphatic carbocycles. The highest BCUT2D eigenvalue weighted by atomic mass is 127. The molecule has 2 atom stereocenters. The van der Waals surface area contributed by atoms with E-state index in [0.29, 0.717) is 25.2 Å². The minimum Gasteiger partial charge on any atom is -0.373 e. The first-order valence-corrected chi connectivity index (χ1v) is 9.85. The summed E-state index contributed by atoms with van der Waals surface area (Å²) in [5.41, 5.74) is 0.0679. The van der Waals surface area contributed by atoms with E-state index in [1.54, 1.807) is 7.05 Å². The second kappa shape index (κ2) is 11.7. The van der Waals surface area contributed by atoms with Crippen molar-refractivity contribution in [3.63, 3.8) is 0 Å². The lowest BCUT2D eigenvalue weighted by Crippen LogP contribution is -2.41. The largest absolute Gasteiger partial charge is 0.416 e. The van der Waals surface area contributed by atoms with E-state index in [4.69, 9.17) is 4.74 Å². The third-order valence-corrected chi connectivity index (χ3v) is 5.15. The molecule has 1 aliphatic rings. The molecular formula is C22H26F4IN3O. The predicted octanol–water partition coefficient (Wildman–Crippen LogP) is 5.30. The number of nitrogens with zero attached hydrogens (tertiary/aromatic N) is 1. The van der Waals surface area contributed by atoms with Gasteiger partial charge in [0.25, 0.3) is 0 Å². The number of rotatable bonds is 5. The molecule has 2 N–H and O–H groups in total. The number of ether oxygens (including phenoxy) is 1. The lowest BCUT2D eigenvalue weighted by Gasteiger charge is -2.32. The summed E-state index contributed by atoms with van der Waals surface area (Å²) < 4.78 is 58.8. The van der Waals surface area contributed by atoms with Crippen molar-refractivity contribution in [3.05, 3.63) is 71.0 Å². The molecule has 4 nitrogen and oxygen atoms in total. The van der Waals surface area contributed by atoms with E-state index in [1.165, 1.54) is 0 Å². The Labute approximate surface area is 196 Å². The zero-order valence-electron chi connectivity index (χ0n) is 17.1. The van der Waals surface area contributed by atoms with E-state index >= 15 is 0 Å². The van der Waals surface area contributed by atoms with Gasteiger partial charge in [-0.05, 0) is 36.1 Å². The second-order valence-corrected chi connectivity index (χ2v) is 7.21. The monoisotopic (exact) mass is 551 g/mol. The van der Waals surface area contributed by atoms with Gasteiger partial charge in [0.05, 0.1) is 11.7 Å². The van der Waals surface area contributed by atoms with E-state index in [9.17, 15) is 17.6 Å². The van der Waals surface area contributed by atoms with Crippen molar-refractivity contribution in [3.8, 4) is 0 Å². The lowest BCUT2D eigenvalue weighted by molar-refractivity contribution is -0.138. The molecule has 1 saturated heterocycles. The number of aliphatic imine (C=N–C) groups is 1. The average Bonchev–Trinajstić information content (AvgIpc) is 2.75. The van der Waals surface area contributed by atoms with Gasteiger partial charge in [-0.2, -0.15) is 13.2 Å². The van der Waals surface area contributed by atoms with Crippen LogP contribution in [-0.2, 0) is 17.5 Å². The summed E-state index contributed by atoms with van der Waals surface area (Å²) in [5, 5.41) is 6.07. The Morgan fingerprint density at radius 1 is 1.13 bits per heavy atom. The number of hydrogen-bond donors (Lipinski definition) is 2. The Bertz CT molecular complexity index is 862. The Hall–Kier alpha value is -1.88. The number of nitrogens with one attached hydrogen (secondary N) is 2. The fraction of sp³-hybridized carbons (Fsp3) is 0.409. The van der Waals surface area contributed by atoms with Gasteiger partial charge in [0.15, 0.2) is 5.96 Å². The van der Waals surface area contributed by atoms with E-state index in [1.807, 2.05) is 30.3 Å². The molecule has 0 aromatic heterocycles. The number of alkyl halides is 3. The lowest BCUT2D eigenvalue weighted by atomic mass is 9.89. The Morgan fingerprint density at radius 3 is 2.55 bits per heavy atom. The molecule has 31 heavy (non-hydrogen) atoms.